The fraction of sp³-hybridized carbons (Fsp3) is 0.368. The Bertz CT molecular complexity index is 785. The Morgan fingerprint density at radius 1 is 1.12 bits per heavy atom. The van der Waals surface area contributed by atoms with Crippen molar-refractivity contribution in [1.82, 2.24) is 9.47 Å². The lowest BCUT2D eigenvalue weighted by atomic mass is 10.1. The van der Waals surface area contributed by atoms with Crippen LogP contribution in [0.5, 0.6) is 11.5 Å². The number of amides is 1. The van der Waals surface area contributed by atoms with Crippen molar-refractivity contribution in [2.45, 2.75) is 25.9 Å². The van der Waals surface area contributed by atoms with Crippen LogP contribution in [-0.4, -0.2) is 42.7 Å². The van der Waals surface area contributed by atoms with Crippen LogP contribution in [0.4, 0.5) is 0 Å². The first-order valence-corrected chi connectivity index (χ1v) is 8.09. The summed E-state index contributed by atoms with van der Waals surface area (Å²) in [7, 11) is 4.81. The molecule has 25 heavy (non-hydrogen) atoms. The Balaban J connectivity index is 2.08. The van der Waals surface area contributed by atoms with Gasteiger partial charge in [0.2, 0.25) is 5.91 Å². The zero-order valence-corrected chi connectivity index (χ0v) is 15.1. The first-order valence-electron chi connectivity index (χ1n) is 8.09. The monoisotopic (exact) mass is 344 g/mol. The summed E-state index contributed by atoms with van der Waals surface area (Å²) < 4.78 is 11.7. The van der Waals surface area contributed by atoms with Gasteiger partial charge < -0.3 is 18.9 Å². The van der Waals surface area contributed by atoms with Crippen molar-refractivity contribution in [1.29, 1.82) is 0 Å². The number of rotatable bonds is 7. The van der Waals surface area contributed by atoms with Crippen LogP contribution in [0.25, 0.3) is 0 Å². The van der Waals surface area contributed by atoms with Crippen molar-refractivity contribution in [2.24, 2.45) is 0 Å². The van der Waals surface area contributed by atoms with Gasteiger partial charge in [-0.15, -0.1) is 0 Å². The van der Waals surface area contributed by atoms with Gasteiger partial charge in [-0.05, 0) is 37.1 Å². The number of benzene rings is 1. The van der Waals surface area contributed by atoms with E-state index in [9.17, 15) is 9.59 Å². The number of ether oxygens (including phenoxy) is 2. The maximum absolute atomic E-state index is 12.5. The van der Waals surface area contributed by atoms with Gasteiger partial charge in [0.15, 0.2) is 5.75 Å². The van der Waals surface area contributed by atoms with Gasteiger partial charge in [-0.25, -0.2) is 0 Å². The molecule has 0 N–H and O–H groups in total. The van der Waals surface area contributed by atoms with Gasteiger partial charge in [0.05, 0.1) is 14.2 Å². The molecule has 1 aromatic heterocycles. The second kappa shape index (κ2) is 8.37. The molecule has 6 nitrogen and oxygen atoms in total. The highest BCUT2D eigenvalue weighted by Crippen LogP contribution is 2.20. The molecule has 1 aromatic carbocycles. The van der Waals surface area contributed by atoms with Gasteiger partial charge >= 0.3 is 0 Å². The standard InChI is InChI=1S/C19H24N2O4/c1-14(12-15-8-5-6-9-16(15)24-3)20(2)18(22)13-21-11-7-10-17(25-4)19(21)23/h5-11,14H,12-13H2,1-4H3/t14-/m0/s1. The lowest BCUT2D eigenvalue weighted by Gasteiger charge is -2.26. The predicted molar refractivity (Wildman–Crippen MR) is 96.2 cm³/mol. The zero-order chi connectivity index (χ0) is 18.4. The first kappa shape index (κ1) is 18.6. The number of carbonyl (C=O) groups is 1. The Morgan fingerprint density at radius 2 is 1.76 bits per heavy atom. The molecule has 1 atom stereocenters. The maximum Gasteiger partial charge on any atom is 0.293 e. The highest BCUT2D eigenvalue weighted by atomic mass is 16.5. The Morgan fingerprint density at radius 3 is 2.44 bits per heavy atom. The molecule has 0 saturated carbocycles. The highest BCUT2D eigenvalue weighted by Gasteiger charge is 2.18. The van der Waals surface area contributed by atoms with Gasteiger partial charge in [0.1, 0.15) is 12.3 Å². The number of pyridine rings is 1. The molecule has 0 unspecified atom stereocenters. The molecule has 1 amide bonds. The molecule has 1 heterocycles. The molecule has 0 spiro atoms. The number of nitrogens with zero attached hydrogens (tertiary/aromatic N) is 2. The molecule has 0 fully saturated rings. The van der Waals surface area contributed by atoms with Crippen molar-refractivity contribution in [2.75, 3.05) is 21.3 Å². The molecule has 0 bridgehead atoms. The summed E-state index contributed by atoms with van der Waals surface area (Å²) in [5.74, 6) is 0.886. The van der Waals surface area contributed by atoms with Gasteiger partial charge in [0.25, 0.3) is 5.56 Å². The van der Waals surface area contributed by atoms with Gasteiger partial charge in [-0.1, -0.05) is 18.2 Å². The average Bonchev–Trinajstić information content (AvgIpc) is 2.63. The van der Waals surface area contributed by atoms with Crippen LogP contribution in [0.2, 0.25) is 0 Å². The van der Waals surface area contributed by atoms with Crippen LogP contribution >= 0.6 is 0 Å². The van der Waals surface area contributed by atoms with Crippen molar-refractivity contribution in [3.63, 3.8) is 0 Å². The number of likely N-dealkylation sites (N-methyl/N-ethyl adjacent to an activating group) is 1. The minimum absolute atomic E-state index is 0.0250. The molecule has 0 radical (unpaired) electrons. The molecule has 2 rings (SSSR count). The molecule has 0 aliphatic heterocycles. The largest absolute Gasteiger partial charge is 0.496 e. The molecule has 2 aromatic rings. The lowest BCUT2D eigenvalue weighted by Crippen LogP contribution is -2.40. The number of para-hydroxylation sites is 1. The lowest BCUT2D eigenvalue weighted by molar-refractivity contribution is -0.132. The van der Waals surface area contributed by atoms with E-state index in [1.165, 1.54) is 11.7 Å². The van der Waals surface area contributed by atoms with Crippen LogP contribution in [-0.2, 0) is 17.8 Å². The SMILES string of the molecule is COc1ccccc1C[C@H](C)N(C)C(=O)Cn1cccc(OC)c1=O. The predicted octanol–water partition coefficient (Wildman–Crippen LogP) is 1.96. The number of hydrogen-bond donors (Lipinski definition) is 0. The van der Waals surface area contributed by atoms with E-state index in [0.29, 0.717) is 6.42 Å². The fourth-order valence-corrected chi connectivity index (χ4v) is 2.62. The normalized spacial score (nSPS) is 11.7. The first-order chi connectivity index (χ1) is 12.0. The number of aromatic nitrogens is 1. The summed E-state index contributed by atoms with van der Waals surface area (Å²) in [6.07, 6.45) is 2.25. The van der Waals surface area contributed by atoms with Crippen LogP contribution in [0.3, 0.4) is 0 Å². The molecule has 6 heteroatoms. The average molecular weight is 344 g/mol. The van der Waals surface area contributed by atoms with Crippen molar-refractivity contribution in [3.8, 4) is 11.5 Å². The maximum atomic E-state index is 12.5. The Hall–Kier alpha value is -2.76. The topological polar surface area (TPSA) is 60.8 Å². The smallest absolute Gasteiger partial charge is 0.293 e. The zero-order valence-electron chi connectivity index (χ0n) is 15.1. The van der Waals surface area contributed by atoms with Crippen molar-refractivity contribution >= 4 is 5.91 Å². The van der Waals surface area contributed by atoms with E-state index in [4.69, 9.17) is 9.47 Å². The second-order valence-corrected chi connectivity index (χ2v) is 5.88. The Kier molecular flexibility index (Phi) is 6.22. The minimum atomic E-state index is -0.316. The van der Waals surface area contributed by atoms with Crippen LogP contribution in [0.1, 0.15) is 12.5 Å². The van der Waals surface area contributed by atoms with Gasteiger partial charge in [-0.3, -0.25) is 9.59 Å². The van der Waals surface area contributed by atoms with E-state index in [2.05, 4.69) is 0 Å². The quantitative estimate of drug-likeness (QED) is 0.770. The molecule has 0 aliphatic rings. The van der Waals surface area contributed by atoms with E-state index in [1.54, 1.807) is 37.4 Å². The van der Waals surface area contributed by atoms with Crippen LogP contribution in [0.15, 0.2) is 47.4 Å². The summed E-state index contributed by atoms with van der Waals surface area (Å²) >= 11 is 0. The number of methoxy groups -OCH3 is 2. The molecule has 0 saturated heterocycles. The summed E-state index contributed by atoms with van der Waals surface area (Å²) in [6.45, 7) is 1.95. The molecular weight excluding hydrogens is 320 g/mol. The van der Waals surface area contributed by atoms with E-state index in [0.717, 1.165) is 11.3 Å². The van der Waals surface area contributed by atoms with E-state index >= 15 is 0 Å². The van der Waals surface area contributed by atoms with Crippen LogP contribution < -0.4 is 15.0 Å². The molecule has 134 valence electrons. The van der Waals surface area contributed by atoms with Gasteiger partial charge in [0, 0.05) is 19.3 Å². The number of hydrogen-bond acceptors (Lipinski definition) is 4. The molecule has 0 aliphatic carbocycles. The van der Waals surface area contributed by atoms with E-state index in [1.807, 2.05) is 31.2 Å². The van der Waals surface area contributed by atoms with Crippen molar-refractivity contribution < 1.29 is 14.3 Å². The summed E-state index contributed by atoms with van der Waals surface area (Å²) in [5.41, 5.74) is 0.722. The minimum Gasteiger partial charge on any atom is -0.496 e. The summed E-state index contributed by atoms with van der Waals surface area (Å²) in [6, 6.07) is 11.0. The van der Waals surface area contributed by atoms with Gasteiger partial charge in [-0.2, -0.15) is 0 Å². The Labute approximate surface area is 147 Å². The van der Waals surface area contributed by atoms with Crippen LogP contribution in [0, 0.1) is 0 Å². The van der Waals surface area contributed by atoms with Crippen molar-refractivity contribution in [3.05, 3.63) is 58.5 Å². The van der Waals surface area contributed by atoms with E-state index < -0.39 is 0 Å². The number of carbonyl (C=O) groups excluding carboxylic acids is 1. The summed E-state index contributed by atoms with van der Waals surface area (Å²) in [4.78, 5) is 26.3. The third-order valence-electron chi connectivity index (χ3n) is 4.27. The third kappa shape index (κ3) is 4.41. The fourth-order valence-electron chi connectivity index (χ4n) is 2.62. The third-order valence-corrected chi connectivity index (χ3v) is 4.27. The van der Waals surface area contributed by atoms with E-state index in [-0.39, 0.29) is 29.8 Å². The molecular formula is C19H24N2O4. The second-order valence-electron chi connectivity index (χ2n) is 5.88. The highest BCUT2D eigenvalue weighted by molar-refractivity contribution is 5.76. The summed E-state index contributed by atoms with van der Waals surface area (Å²) in [5, 5.41) is 0.